The average molecular weight is 400 g/mol. The van der Waals surface area contributed by atoms with Crippen molar-refractivity contribution in [1.29, 1.82) is 0 Å². The Hall–Kier alpha value is -1.99. The van der Waals surface area contributed by atoms with Crippen molar-refractivity contribution in [2.24, 2.45) is 11.8 Å². The van der Waals surface area contributed by atoms with Gasteiger partial charge in [0.2, 0.25) is 5.13 Å². The Morgan fingerprint density at radius 1 is 1.14 bits per heavy atom. The van der Waals surface area contributed by atoms with E-state index in [1.165, 1.54) is 41.7 Å². The zero-order valence-electron chi connectivity index (χ0n) is 16.6. The zero-order chi connectivity index (χ0) is 19.5. The second-order valence-corrected chi connectivity index (χ2v) is 9.45. The lowest BCUT2D eigenvalue weighted by Crippen LogP contribution is -2.38. The number of amides is 2. The second kappa shape index (κ2) is 8.57. The SMILES string of the molecule is C[C@@H]1C[C@@H](C)CN(Cc2ccccc2CNC(=O)Nc2nnc(C3CC3)s2)C1. The van der Waals surface area contributed by atoms with E-state index in [0.717, 1.165) is 36.5 Å². The largest absolute Gasteiger partial charge is 0.334 e. The number of benzene rings is 1. The van der Waals surface area contributed by atoms with Gasteiger partial charge in [-0.25, -0.2) is 4.79 Å². The molecule has 0 radical (unpaired) electrons. The molecule has 1 aliphatic heterocycles. The number of carbonyl (C=O) groups is 1. The lowest BCUT2D eigenvalue weighted by molar-refractivity contribution is 0.134. The van der Waals surface area contributed by atoms with Crippen molar-refractivity contribution in [1.82, 2.24) is 20.4 Å². The summed E-state index contributed by atoms with van der Waals surface area (Å²) in [6.45, 7) is 8.41. The molecule has 1 aromatic heterocycles. The fourth-order valence-electron chi connectivity index (χ4n) is 4.14. The lowest BCUT2D eigenvalue weighted by Gasteiger charge is -2.35. The highest BCUT2D eigenvalue weighted by Gasteiger charge is 2.27. The quantitative estimate of drug-likeness (QED) is 0.763. The molecule has 2 N–H and O–H groups in total. The van der Waals surface area contributed by atoms with Gasteiger partial charge in [0, 0.05) is 32.1 Å². The lowest BCUT2D eigenvalue weighted by atomic mass is 9.91. The van der Waals surface area contributed by atoms with Crippen LogP contribution in [0.1, 0.15) is 55.2 Å². The van der Waals surface area contributed by atoms with E-state index in [1.807, 2.05) is 6.07 Å². The summed E-state index contributed by atoms with van der Waals surface area (Å²) in [5.74, 6) is 2.04. The maximum atomic E-state index is 12.3. The third-order valence-electron chi connectivity index (χ3n) is 5.48. The summed E-state index contributed by atoms with van der Waals surface area (Å²) < 4.78 is 0. The average Bonchev–Trinajstić information content (AvgIpc) is 3.40. The van der Waals surface area contributed by atoms with Gasteiger partial charge in [-0.05, 0) is 42.2 Å². The van der Waals surface area contributed by atoms with Crippen LogP contribution in [0.5, 0.6) is 0 Å². The molecule has 2 aromatic rings. The molecule has 2 heterocycles. The van der Waals surface area contributed by atoms with Crippen LogP contribution in [-0.4, -0.2) is 34.2 Å². The number of aromatic nitrogens is 2. The van der Waals surface area contributed by atoms with Crippen molar-refractivity contribution < 1.29 is 4.79 Å². The minimum atomic E-state index is -0.228. The number of nitrogens with one attached hydrogen (secondary N) is 2. The Bertz CT molecular complexity index is 809. The summed E-state index contributed by atoms with van der Waals surface area (Å²) in [7, 11) is 0. The minimum Gasteiger partial charge on any atom is -0.334 e. The molecular weight excluding hydrogens is 370 g/mol. The number of nitrogens with zero attached hydrogens (tertiary/aromatic N) is 3. The molecule has 0 bridgehead atoms. The Morgan fingerprint density at radius 3 is 2.57 bits per heavy atom. The van der Waals surface area contributed by atoms with Crippen LogP contribution in [0.2, 0.25) is 0 Å². The Morgan fingerprint density at radius 2 is 1.86 bits per heavy atom. The summed E-state index contributed by atoms with van der Waals surface area (Å²) >= 11 is 1.48. The second-order valence-electron chi connectivity index (χ2n) is 8.44. The van der Waals surface area contributed by atoms with Crippen molar-refractivity contribution in [2.75, 3.05) is 18.4 Å². The molecule has 1 aromatic carbocycles. The predicted octanol–water partition coefficient (Wildman–Crippen LogP) is 4.22. The molecule has 1 aliphatic carbocycles. The van der Waals surface area contributed by atoms with Gasteiger partial charge in [-0.15, -0.1) is 10.2 Å². The van der Waals surface area contributed by atoms with E-state index in [1.54, 1.807) is 0 Å². The molecule has 28 heavy (non-hydrogen) atoms. The van der Waals surface area contributed by atoms with Gasteiger partial charge in [-0.2, -0.15) is 0 Å². The number of hydrogen-bond acceptors (Lipinski definition) is 5. The smallest absolute Gasteiger partial charge is 0.321 e. The molecule has 2 atom stereocenters. The normalized spacial score (nSPS) is 22.8. The van der Waals surface area contributed by atoms with E-state index in [2.05, 4.69) is 57.8 Å². The molecule has 2 fully saturated rings. The van der Waals surface area contributed by atoms with Crippen LogP contribution in [0.3, 0.4) is 0 Å². The van der Waals surface area contributed by atoms with Crippen molar-refractivity contribution in [2.45, 2.75) is 52.1 Å². The summed E-state index contributed by atoms with van der Waals surface area (Å²) in [5.41, 5.74) is 2.45. The maximum absolute atomic E-state index is 12.3. The first-order chi connectivity index (χ1) is 13.6. The minimum absolute atomic E-state index is 0.228. The summed E-state index contributed by atoms with van der Waals surface area (Å²) in [5, 5.41) is 15.6. The van der Waals surface area contributed by atoms with Gasteiger partial charge in [0.1, 0.15) is 5.01 Å². The van der Waals surface area contributed by atoms with Crippen molar-refractivity contribution in [3.63, 3.8) is 0 Å². The fourth-order valence-corrected chi connectivity index (χ4v) is 5.05. The highest BCUT2D eigenvalue weighted by atomic mass is 32.1. The van der Waals surface area contributed by atoms with Crippen molar-refractivity contribution >= 4 is 22.5 Å². The highest BCUT2D eigenvalue weighted by molar-refractivity contribution is 7.15. The Balaban J connectivity index is 1.32. The summed E-state index contributed by atoms with van der Waals surface area (Å²) in [6, 6.07) is 8.16. The highest BCUT2D eigenvalue weighted by Crippen LogP contribution is 2.42. The standard InChI is InChI=1S/C21H29N5OS/c1-14-9-15(2)12-26(11-14)13-18-6-4-3-5-17(18)10-22-20(27)23-21-25-24-19(28-21)16-7-8-16/h3-6,14-16H,7-13H2,1-2H3,(H2,22,23,25,27)/t14-,15-/m1/s1. The molecule has 0 unspecified atom stereocenters. The van der Waals surface area contributed by atoms with Gasteiger partial charge in [0.05, 0.1) is 0 Å². The van der Waals surface area contributed by atoms with E-state index < -0.39 is 0 Å². The first-order valence-electron chi connectivity index (χ1n) is 10.2. The Kier molecular flexibility index (Phi) is 5.92. The van der Waals surface area contributed by atoms with E-state index >= 15 is 0 Å². The van der Waals surface area contributed by atoms with Crippen LogP contribution in [0.4, 0.5) is 9.93 Å². The number of hydrogen-bond donors (Lipinski definition) is 2. The van der Waals surface area contributed by atoms with Gasteiger partial charge in [0.25, 0.3) is 0 Å². The van der Waals surface area contributed by atoms with Gasteiger partial charge in [0.15, 0.2) is 0 Å². The molecule has 4 rings (SSSR count). The molecular formula is C21H29N5OS. The molecule has 0 spiro atoms. The molecule has 1 saturated carbocycles. The van der Waals surface area contributed by atoms with E-state index in [-0.39, 0.29) is 6.03 Å². The van der Waals surface area contributed by atoms with Gasteiger partial charge >= 0.3 is 6.03 Å². The number of urea groups is 1. The fraction of sp³-hybridized carbons (Fsp3) is 0.571. The summed E-state index contributed by atoms with van der Waals surface area (Å²) in [6.07, 6.45) is 3.69. The summed E-state index contributed by atoms with van der Waals surface area (Å²) in [4.78, 5) is 14.8. The van der Waals surface area contributed by atoms with Crippen LogP contribution in [0, 0.1) is 11.8 Å². The topological polar surface area (TPSA) is 70.2 Å². The van der Waals surface area contributed by atoms with Gasteiger partial charge < -0.3 is 5.32 Å². The zero-order valence-corrected chi connectivity index (χ0v) is 17.5. The number of piperidine rings is 1. The third-order valence-corrected chi connectivity index (χ3v) is 6.49. The van der Waals surface area contributed by atoms with E-state index in [4.69, 9.17) is 0 Å². The van der Waals surface area contributed by atoms with E-state index in [9.17, 15) is 4.79 Å². The third kappa shape index (κ3) is 5.08. The van der Waals surface area contributed by atoms with E-state index in [0.29, 0.717) is 17.6 Å². The first-order valence-corrected chi connectivity index (χ1v) is 11.1. The molecule has 7 heteroatoms. The van der Waals surface area contributed by atoms with Crippen LogP contribution in [-0.2, 0) is 13.1 Å². The maximum Gasteiger partial charge on any atom is 0.321 e. The van der Waals surface area contributed by atoms with Gasteiger partial charge in [-0.1, -0.05) is 49.4 Å². The number of carbonyl (C=O) groups excluding carboxylic acids is 1. The molecule has 150 valence electrons. The monoisotopic (exact) mass is 399 g/mol. The van der Waals surface area contributed by atoms with Crippen LogP contribution in [0.25, 0.3) is 0 Å². The van der Waals surface area contributed by atoms with Gasteiger partial charge in [-0.3, -0.25) is 10.2 Å². The predicted molar refractivity (Wildman–Crippen MR) is 112 cm³/mol. The molecule has 6 nitrogen and oxygen atoms in total. The van der Waals surface area contributed by atoms with Crippen LogP contribution in [0.15, 0.2) is 24.3 Å². The van der Waals surface area contributed by atoms with Crippen molar-refractivity contribution in [3.05, 3.63) is 40.4 Å². The molecule has 2 amide bonds. The number of likely N-dealkylation sites (tertiary alicyclic amines) is 1. The molecule has 2 aliphatic rings. The first kappa shape index (κ1) is 19.3. The number of rotatable bonds is 6. The van der Waals surface area contributed by atoms with Crippen molar-refractivity contribution in [3.8, 4) is 0 Å². The Labute approximate surface area is 170 Å². The molecule has 1 saturated heterocycles. The van der Waals surface area contributed by atoms with Crippen LogP contribution < -0.4 is 10.6 Å². The van der Waals surface area contributed by atoms with Crippen LogP contribution >= 0.6 is 11.3 Å². The number of anilines is 1.